The molecule has 1 saturated heterocycles. The lowest BCUT2D eigenvalue weighted by atomic mass is 10.0. The van der Waals surface area contributed by atoms with E-state index in [1.165, 1.54) is 12.4 Å². The number of alkyl halides is 5. The number of nitrogens with zero attached hydrogens (tertiary/aromatic N) is 5. The van der Waals surface area contributed by atoms with Crippen molar-refractivity contribution in [1.29, 1.82) is 0 Å². The van der Waals surface area contributed by atoms with Gasteiger partial charge in [-0.1, -0.05) is 30.3 Å². The van der Waals surface area contributed by atoms with Gasteiger partial charge in [-0.2, -0.15) is 23.3 Å². The normalized spacial score (nSPS) is 16.8. The van der Waals surface area contributed by atoms with Crippen LogP contribution in [0.3, 0.4) is 0 Å². The van der Waals surface area contributed by atoms with Gasteiger partial charge in [0.2, 0.25) is 5.95 Å². The van der Waals surface area contributed by atoms with Crippen LogP contribution in [0.5, 0.6) is 0 Å². The molecule has 1 atom stereocenters. The topological polar surface area (TPSA) is 68.1 Å². The van der Waals surface area contributed by atoms with Crippen LogP contribution in [0.15, 0.2) is 48.9 Å². The van der Waals surface area contributed by atoms with Crippen molar-refractivity contribution < 1.29 is 26.8 Å². The average molecular weight is 440 g/mol. The monoisotopic (exact) mass is 440 g/mol. The molecule has 1 aliphatic rings. The second-order valence-corrected chi connectivity index (χ2v) is 6.77. The molecule has 0 amide bonds. The Kier molecular flexibility index (Phi) is 5.72. The Labute approximate surface area is 173 Å². The highest BCUT2D eigenvalue weighted by molar-refractivity contribution is 5.56. The molecule has 1 aromatic carbocycles. The largest absolute Gasteiger partial charge is 0.421 e. The summed E-state index contributed by atoms with van der Waals surface area (Å²) >= 11 is 0. The summed E-state index contributed by atoms with van der Waals surface area (Å²) in [6, 6.07) is 8.54. The van der Waals surface area contributed by atoms with Crippen LogP contribution in [0.25, 0.3) is 0 Å². The van der Waals surface area contributed by atoms with Crippen molar-refractivity contribution in [3.05, 3.63) is 60.0 Å². The maximum absolute atomic E-state index is 13.6. The van der Waals surface area contributed by atoms with Crippen LogP contribution in [0.2, 0.25) is 0 Å². The number of rotatable bonds is 6. The second kappa shape index (κ2) is 8.46. The summed E-state index contributed by atoms with van der Waals surface area (Å²) in [5.41, 5.74) is -0.00268. The maximum atomic E-state index is 13.6. The number of nitrogens with one attached hydrogen (secondary N) is 1. The Morgan fingerprint density at radius 3 is 2.65 bits per heavy atom. The fourth-order valence-corrected chi connectivity index (χ4v) is 3.26. The summed E-state index contributed by atoms with van der Waals surface area (Å²) in [6.45, 7) is -0.384. The first-order valence-electron chi connectivity index (χ1n) is 9.30. The third kappa shape index (κ3) is 4.74. The number of halogens is 5. The van der Waals surface area contributed by atoms with E-state index in [0.717, 1.165) is 15.3 Å². The molecule has 164 valence electrons. The minimum Gasteiger partial charge on any atom is -0.321 e. The van der Waals surface area contributed by atoms with Crippen molar-refractivity contribution in [2.75, 3.05) is 17.0 Å². The van der Waals surface area contributed by atoms with Crippen molar-refractivity contribution in [1.82, 2.24) is 19.7 Å². The van der Waals surface area contributed by atoms with E-state index in [1.807, 2.05) is 6.07 Å². The molecular weight excluding hydrogens is 423 g/mol. The lowest BCUT2D eigenvalue weighted by molar-refractivity contribution is -0.138. The van der Waals surface area contributed by atoms with E-state index < -0.39 is 36.6 Å². The third-order valence-corrected chi connectivity index (χ3v) is 4.59. The highest BCUT2D eigenvalue weighted by atomic mass is 19.4. The van der Waals surface area contributed by atoms with Crippen molar-refractivity contribution in [3.8, 4) is 0 Å². The van der Waals surface area contributed by atoms with Gasteiger partial charge >= 0.3 is 6.18 Å². The first kappa shape index (κ1) is 21.0. The molecule has 0 saturated carbocycles. The van der Waals surface area contributed by atoms with Gasteiger partial charge < -0.3 is 5.32 Å². The Hall–Kier alpha value is -3.28. The van der Waals surface area contributed by atoms with E-state index in [1.54, 1.807) is 24.3 Å². The zero-order valence-corrected chi connectivity index (χ0v) is 15.9. The van der Waals surface area contributed by atoms with Crippen molar-refractivity contribution in [2.24, 2.45) is 0 Å². The zero-order valence-electron chi connectivity index (χ0n) is 15.9. The maximum Gasteiger partial charge on any atom is 0.421 e. The number of hydrogen-bond acceptors (Lipinski definition) is 6. The first-order chi connectivity index (χ1) is 14.8. The molecule has 12 heteroatoms. The highest BCUT2D eigenvalue weighted by Crippen LogP contribution is 2.41. The van der Waals surface area contributed by atoms with Gasteiger partial charge in [0.15, 0.2) is 5.82 Å². The molecular formula is C19H17F5N6O. The van der Waals surface area contributed by atoms with Crippen LogP contribution in [-0.4, -0.2) is 32.8 Å². The third-order valence-electron chi connectivity index (χ3n) is 4.59. The van der Waals surface area contributed by atoms with Crippen molar-refractivity contribution in [3.63, 3.8) is 0 Å². The average Bonchev–Trinajstić information content (AvgIpc) is 3.37. The molecule has 3 heterocycles. The van der Waals surface area contributed by atoms with E-state index >= 15 is 0 Å². The molecule has 1 unspecified atom stereocenters. The van der Waals surface area contributed by atoms with Gasteiger partial charge in [0.05, 0.1) is 24.5 Å². The smallest absolute Gasteiger partial charge is 0.321 e. The number of hydrogen-bond donors (Lipinski definition) is 1. The molecule has 0 aliphatic carbocycles. The molecule has 0 spiro atoms. The molecule has 1 N–H and O–H groups in total. The Morgan fingerprint density at radius 2 is 1.94 bits per heavy atom. The van der Waals surface area contributed by atoms with Gasteiger partial charge in [0.1, 0.15) is 12.1 Å². The van der Waals surface area contributed by atoms with Gasteiger partial charge in [-0.25, -0.2) is 18.8 Å². The summed E-state index contributed by atoms with van der Waals surface area (Å²) in [6.07, 6.45) is -3.62. The van der Waals surface area contributed by atoms with Crippen LogP contribution >= 0.6 is 0 Å². The van der Waals surface area contributed by atoms with Crippen molar-refractivity contribution in [2.45, 2.75) is 31.6 Å². The first-order valence-corrected chi connectivity index (χ1v) is 9.30. The van der Waals surface area contributed by atoms with Crippen LogP contribution in [-0.2, 0) is 17.6 Å². The summed E-state index contributed by atoms with van der Waals surface area (Å²) in [5, 5.41) is 7.60. The van der Waals surface area contributed by atoms with Crippen LogP contribution in [0.1, 0.15) is 23.6 Å². The van der Waals surface area contributed by atoms with Gasteiger partial charge in [-0.15, -0.1) is 0 Å². The van der Waals surface area contributed by atoms with E-state index in [-0.39, 0.29) is 18.2 Å². The molecule has 1 aliphatic heterocycles. The molecule has 4 rings (SSSR count). The summed E-state index contributed by atoms with van der Waals surface area (Å²) in [4.78, 5) is 13.3. The number of anilines is 3. The van der Waals surface area contributed by atoms with Crippen LogP contribution in [0.4, 0.5) is 39.4 Å². The minimum atomic E-state index is -4.71. The second-order valence-electron chi connectivity index (χ2n) is 6.77. The number of benzene rings is 1. The van der Waals surface area contributed by atoms with Gasteiger partial charge in [-0.05, 0) is 5.56 Å². The quantitative estimate of drug-likeness (QED) is 0.566. The Bertz CT molecular complexity index is 1030. The fourth-order valence-electron chi connectivity index (χ4n) is 3.26. The molecule has 0 bridgehead atoms. The van der Waals surface area contributed by atoms with Gasteiger partial charge in [0.25, 0.3) is 6.43 Å². The molecule has 0 radical (unpaired) electrons. The molecule has 7 nitrogen and oxygen atoms in total. The number of aromatic nitrogens is 4. The Morgan fingerprint density at radius 1 is 1.16 bits per heavy atom. The van der Waals surface area contributed by atoms with E-state index in [4.69, 9.17) is 4.84 Å². The van der Waals surface area contributed by atoms with Crippen molar-refractivity contribution >= 4 is 17.5 Å². The minimum absolute atomic E-state index is 0.151. The van der Waals surface area contributed by atoms with E-state index in [2.05, 4.69) is 20.4 Å². The summed E-state index contributed by atoms with van der Waals surface area (Å²) in [5.74, 6) is -0.585. The Balaban J connectivity index is 1.66. The predicted octanol–water partition coefficient (Wildman–Crippen LogP) is 4.58. The molecule has 2 aromatic heterocycles. The van der Waals surface area contributed by atoms with E-state index in [0.29, 0.717) is 12.6 Å². The van der Waals surface area contributed by atoms with Gasteiger partial charge in [0, 0.05) is 18.8 Å². The lowest BCUT2D eigenvalue weighted by Gasteiger charge is -2.26. The van der Waals surface area contributed by atoms with Crippen LogP contribution < -0.4 is 10.4 Å². The lowest BCUT2D eigenvalue weighted by Crippen LogP contribution is -2.26. The summed E-state index contributed by atoms with van der Waals surface area (Å²) in [7, 11) is 0. The molecule has 31 heavy (non-hydrogen) atoms. The predicted molar refractivity (Wildman–Crippen MR) is 101 cm³/mol. The van der Waals surface area contributed by atoms with E-state index in [9.17, 15) is 22.0 Å². The highest BCUT2D eigenvalue weighted by Gasteiger charge is 2.40. The summed E-state index contributed by atoms with van der Waals surface area (Å²) < 4.78 is 66.9. The standard InChI is InChI=1S/C19H17F5N6O/c20-16(21)11-29-10-13(8-26-29)27-18-25-9-14(19(22,23)24)17(28-18)30-15(6-7-31-30)12-4-2-1-3-5-12/h1-5,8-10,15-16H,6-7,11H2,(H,25,27,28). The van der Waals surface area contributed by atoms with Crippen LogP contribution in [0, 0.1) is 0 Å². The fraction of sp³-hybridized carbons (Fsp3) is 0.316. The van der Waals surface area contributed by atoms with Gasteiger partial charge in [-0.3, -0.25) is 9.52 Å². The zero-order chi connectivity index (χ0) is 22.0. The SMILES string of the molecule is FC(F)Cn1cc(Nc2ncc(C(F)(F)F)c(N3OCCC3c3ccccc3)n2)cn1. The molecule has 3 aromatic rings. The molecule has 1 fully saturated rings. The number of hydroxylamine groups is 1.